The second-order valence-corrected chi connectivity index (χ2v) is 6.51. The SMILES string of the molecule is CC(NCc1cn(CCC#N)nc1-c1cccc(Cl)c1)c1cccnc1. The minimum Gasteiger partial charge on any atom is -0.306 e. The van der Waals surface area contributed by atoms with E-state index in [9.17, 15) is 0 Å². The van der Waals surface area contributed by atoms with Crippen molar-refractivity contribution in [1.29, 1.82) is 5.26 Å². The summed E-state index contributed by atoms with van der Waals surface area (Å²) in [4.78, 5) is 4.17. The largest absolute Gasteiger partial charge is 0.306 e. The van der Waals surface area contributed by atoms with E-state index in [4.69, 9.17) is 16.9 Å². The monoisotopic (exact) mass is 365 g/mol. The number of nitrogens with one attached hydrogen (secondary N) is 1. The van der Waals surface area contributed by atoms with Gasteiger partial charge in [0.25, 0.3) is 0 Å². The van der Waals surface area contributed by atoms with E-state index in [2.05, 4.69) is 34.5 Å². The van der Waals surface area contributed by atoms with Crippen LogP contribution in [0.2, 0.25) is 5.02 Å². The Hall–Kier alpha value is -2.68. The molecule has 0 spiro atoms. The molecule has 0 aliphatic rings. The van der Waals surface area contributed by atoms with Crippen molar-refractivity contribution in [3.63, 3.8) is 0 Å². The normalized spacial score (nSPS) is 11.9. The molecule has 132 valence electrons. The first-order valence-electron chi connectivity index (χ1n) is 8.50. The molecule has 1 atom stereocenters. The number of rotatable bonds is 7. The Morgan fingerprint density at radius 3 is 2.92 bits per heavy atom. The van der Waals surface area contributed by atoms with Gasteiger partial charge in [0, 0.05) is 47.3 Å². The van der Waals surface area contributed by atoms with Gasteiger partial charge in [0.05, 0.1) is 24.7 Å². The molecule has 0 aliphatic carbocycles. The van der Waals surface area contributed by atoms with Crippen molar-refractivity contribution in [3.05, 3.63) is 71.1 Å². The van der Waals surface area contributed by atoms with E-state index in [1.165, 1.54) is 0 Å². The van der Waals surface area contributed by atoms with Crippen molar-refractivity contribution in [3.8, 4) is 17.3 Å². The summed E-state index contributed by atoms with van der Waals surface area (Å²) in [5, 5.41) is 17.7. The maximum atomic E-state index is 8.83. The van der Waals surface area contributed by atoms with E-state index in [-0.39, 0.29) is 6.04 Å². The Labute approximate surface area is 158 Å². The zero-order valence-corrected chi connectivity index (χ0v) is 15.3. The fourth-order valence-electron chi connectivity index (χ4n) is 2.76. The van der Waals surface area contributed by atoms with Gasteiger partial charge in [-0.2, -0.15) is 10.4 Å². The number of aromatic nitrogens is 3. The molecule has 1 N–H and O–H groups in total. The van der Waals surface area contributed by atoms with E-state index in [0.29, 0.717) is 24.5 Å². The topological polar surface area (TPSA) is 66.5 Å². The molecule has 0 fully saturated rings. The summed E-state index contributed by atoms with van der Waals surface area (Å²) in [6.45, 7) is 3.34. The predicted octanol–water partition coefficient (Wildman–Crippen LogP) is 4.36. The molecule has 0 radical (unpaired) electrons. The summed E-state index contributed by atoms with van der Waals surface area (Å²) < 4.78 is 1.82. The standard InChI is InChI=1S/C20H20ClN5/c1-15(17-6-3-9-23-12-17)24-13-18-14-26(10-4-8-22)25-20(18)16-5-2-7-19(21)11-16/h2-3,5-7,9,11-12,14-15,24H,4,10,13H2,1H3. The van der Waals surface area contributed by atoms with Crippen LogP contribution in [0.25, 0.3) is 11.3 Å². The number of halogens is 1. The molecule has 3 rings (SSSR count). The predicted molar refractivity (Wildman–Crippen MR) is 102 cm³/mol. The third-order valence-electron chi connectivity index (χ3n) is 4.17. The minimum atomic E-state index is 0.165. The molecule has 1 unspecified atom stereocenters. The minimum absolute atomic E-state index is 0.165. The molecular weight excluding hydrogens is 346 g/mol. The van der Waals surface area contributed by atoms with E-state index >= 15 is 0 Å². The van der Waals surface area contributed by atoms with E-state index in [0.717, 1.165) is 22.4 Å². The maximum absolute atomic E-state index is 8.83. The highest BCUT2D eigenvalue weighted by atomic mass is 35.5. The summed E-state index contributed by atoms with van der Waals surface area (Å²) in [5.41, 5.74) is 4.06. The van der Waals surface area contributed by atoms with Crippen LogP contribution in [-0.4, -0.2) is 14.8 Å². The molecule has 1 aromatic carbocycles. The van der Waals surface area contributed by atoms with Gasteiger partial charge in [-0.15, -0.1) is 0 Å². The lowest BCUT2D eigenvalue weighted by Gasteiger charge is -2.13. The summed E-state index contributed by atoms with van der Waals surface area (Å²) in [6, 6.07) is 14.0. The molecule has 0 aliphatic heterocycles. The van der Waals surface area contributed by atoms with Gasteiger partial charge < -0.3 is 5.32 Å². The Bertz CT molecular complexity index is 898. The molecule has 3 aromatic rings. The Kier molecular flexibility index (Phi) is 6.00. The van der Waals surface area contributed by atoms with Crippen LogP contribution < -0.4 is 5.32 Å². The zero-order chi connectivity index (χ0) is 18.4. The van der Waals surface area contributed by atoms with Crippen LogP contribution in [0.5, 0.6) is 0 Å². The molecule has 0 saturated heterocycles. The van der Waals surface area contributed by atoms with Crippen LogP contribution in [0, 0.1) is 11.3 Å². The smallest absolute Gasteiger partial charge is 0.0968 e. The fourth-order valence-corrected chi connectivity index (χ4v) is 2.95. The second kappa shape index (κ2) is 8.61. The Morgan fingerprint density at radius 2 is 2.19 bits per heavy atom. The highest BCUT2D eigenvalue weighted by molar-refractivity contribution is 6.30. The van der Waals surface area contributed by atoms with Crippen molar-refractivity contribution in [2.75, 3.05) is 0 Å². The molecular formula is C20H20ClN5. The van der Waals surface area contributed by atoms with Crippen molar-refractivity contribution < 1.29 is 0 Å². The van der Waals surface area contributed by atoms with Gasteiger partial charge in [-0.3, -0.25) is 9.67 Å². The summed E-state index contributed by atoms with van der Waals surface area (Å²) in [6.07, 6.45) is 6.06. The third kappa shape index (κ3) is 4.48. The third-order valence-corrected chi connectivity index (χ3v) is 4.41. The van der Waals surface area contributed by atoms with Crippen molar-refractivity contribution in [2.24, 2.45) is 0 Å². The summed E-state index contributed by atoms with van der Waals surface area (Å²) in [7, 11) is 0. The molecule has 6 heteroatoms. The first-order valence-corrected chi connectivity index (χ1v) is 8.87. The highest BCUT2D eigenvalue weighted by Crippen LogP contribution is 2.25. The number of pyridine rings is 1. The lowest BCUT2D eigenvalue weighted by molar-refractivity contribution is 0.572. The van der Waals surface area contributed by atoms with Gasteiger partial charge in [-0.1, -0.05) is 29.8 Å². The van der Waals surface area contributed by atoms with Gasteiger partial charge in [-0.25, -0.2) is 0 Å². The molecule has 2 heterocycles. The second-order valence-electron chi connectivity index (χ2n) is 6.07. The van der Waals surface area contributed by atoms with Crippen LogP contribution in [0.4, 0.5) is 0 Å². The lowest BCUT2D eigenvalue weighted by Crippen LogP contribution is -2.18. The van der Waals surface area contributed by atoms with Crippen LogP contribution in [0.1, 0.15) is 30.5 Å². The number of hydrogen-bond donors (Lipinski definition) is 1. The Balaban J connectivity index is 1.82. The maximum Gasteiger partial charge on any atom is 0.0968 e. The average molecular weight is 366 g/mol. The highest BCUT2D eigenvalue weighted by Gasteiger charge is 2.13. The van der Waals surface area contributed by atoms with Gasteiger partial charge in [0.15, 0.2) is 0 Å². The molecule has 26 heavy (non-hydrogen) atoms. The molecule has 5 nitrogen and oxygen atoms in total. The number of nitriles is 1. The molecule has 0 bridgehead atoms. The van der Waals surface area contributed by atoms with Crippen molar-refractivity contribution >= 4 is 11.6 Å². The van der Waals surface area contributed by atoms with E-state index in [1.807, 2.05) is 47.4 Å². The molecule has 0 amide bonds. The molecule has 0 saturated carbocycles. The lowest BCUT2D eigenvalue weighted by atomic mass is 10.1. The van der Waals surface area contributed by atoms with Crippen LogP contribution in [-0.2, 0) is 13.1 Å². The van der Waals surface area contributed by atoms with Crippen LogP contribution in [0.3, 0.4) is 0 Å². The Morgan fingerprint density at radius 1 is 1.31 bits per heavy atom. The zero-order valence-electron chi connectivity index (χ0n) is 14.6. The number of hydrogen-bond acceptors (Lipinski definition) is 4. The first-order chi connectivity index (χ1) is 12.7. The average Bonchev–Trinajstić information content (AvgIpc) is 3.08. The summed E-state index contributed by atoms with van der Waals surface area (Å²) >= 11 is 6.14. The number of aryl methyl sites for hydroxylation is 1. The van der Waals surface area contributed by atoms with Crippen molar-refractivity contribution in [1.82, 2.24) is 20.1 Å². The van der Waals surface area contributed by atoms with Gasteiger partial charge in [-0.05, 0) is 30.7 Å². The fraction of sp³-hybridized carbons (Fsp3) is 0.250. The van der Waals surface area contributed by atoms with Crippen molar-refractivity contribution in [2.45, 2.75) is 32.5 Å². The van der Waals surface area contributed by atoms with E-state index in [1.54, 1.807) is 6.20 Å². The van der Waals surface area contributed by atoms with Gasteiger partial charge >= 0.3 is 0 Å². The van der Waals surface area contributed by atoms with Crippen LogP contribution >= 0.6 is 11.6 Å². The summed E-state index contributed by atoms with van der Waals surface area (Å²) in [5.74, 6) is 0. The molecule has 2 aromatic heterocycles. The quantitative estimate of drug-likeness (QED) is 0.675. The van der Waals surface area contributed by atoms with E-state index < -0.39 is 0 Å². The van der Waals surface area contributed by atoms with Gasteiger partial charge in [0.1, 0.15) is 0 Å². The van der Waals surface area contributed by atoms with Crippen LogP contribution in [0.15, 0.2) is 55.0 Å². The number of nitrogens with zero attached hydrogens (tertiary/aromatic N) is 4. The number of benzene rings is 1. The van der Waals surface area contributed by atoms with Gasteiger partial charge in [0.2, 0.25) is 0 Å². The first kappa shape index (κ1) is 18.1.